The van der Waals surface area contributed by atoms with Crippen LogP contribution in [0.3, 0.4) is 0 Å². The van der Waals surface area contributed by atoms with Crippen LogP contribution in [0.25, 0.3) is 0 Å². The van der Waals surface area contributed by atoms with E-state index < -0.39 is 0 Å². The minimum absolute atomic E-state index is 0.0540. The van der Waals surface area contributed by atoms with Crippen molar-refractivity contribution in [3.05, 3.63) is 29.3 Å². The van der Waals surface area contributed by atoms with Gasteiger partial charge in [-0.1, -0.05) is 30.8 Å². The highest BCUT2D eigenvalue weighted by molar-refractivity contribution is 7.80. The van der Waals surface area contributed by atoms with E-state index in [0.29, 0.717) is 18.0 Å². The van der Waals surface area contributed by atoms with Crippen LogP contribution >= 0.6 is 12.2 Å². The van der Waals surface area contributed by atoms with Crippen molar-refractivity contribution in [2.45, 2.75) is 26.7 Å². The van der Waals surface area contributed by atoms with Crippen LogP contribution in [0.1, 0.15) is 30.9 Å². The lowest BCUT2D eigenvalue weighted by Crippen LogP contribution is -2.26. The fourth-order valence-electron chi connectivity index (χ4n) is 1.68. The molecule has 0 heterocycles. The predicted molar refractivity (Wildman–Crippen MR) is 83.5 cm³/mol. The molecule has 0 atom stereocenters. The van der Waals surface area contributed by atoms with Crippen molar-refractivity contribution in [3.8, 4) is 0 Å². The summed E-state index contributed by atoms with van der Waals surface area (Å²) >= 11 is 5.03. The number of benzene rings is 1. The minimum Gasteiger partial charge on any atom is -0.389 e. The molecule has 0 saturated heterocycles. The Morgan fingerprint density at radius 1 is 1.37 bits per heavy atom. The average molecular weight is 279 g/mol. The number of carbonyl (C=O) groups excluding carboxylic acids is 1. The Labute approximate surface area is 119 Å². The van der Waals surface area contributed by atoms with Crippen molar-refractivity contribution >= 4 is 28.8 Å². The summed E-state index contributed by atoms with van der Waals surface area (Å²) in [5, 5.41) is 6.04. The topological polar surface area (TPSA) is 67.2 Å². The van der Waals surface area contributed by atoms with Gasteiger partial charge in [0.1, 0.15) is 4.99 Å². The molecule has 0 aromatic heterocycles. The number of aryl methyl sites for hydroxylation is 1. The van der Waals surface area contributed by atoms with Gasteiger partial charge in [-0.25, -0.2) is 0 Å². The fraction of sp³-hybridized carbons (Fsp3) is 0.429. The average Bonchev–Trinajstić information content (AvgIpc) is 2.37. The number of carbonyl (C=O) groups is 1. The number of hydrogen-bond acceptors (Lipinski definition) is 3. The van der Waals surface area contributed by atoms with Crippen LogP contribution in [0, 0.1) is 6.92 Å². The summed E-state index contributed by atoms with van der Waals surface area (Å²) < 4.78 is 0. The quantitative estimate of drug-likeness (QED) is 0.667. The van der Waals surface area contributed by atoms with Crippen molar-refractivity contribution < 1.29 is 4.79 Å². The largest absolute Gasteiger partial charge is 0.389 e. The van der Waals surface area contributed by atoms with Gasteiger partial charge < -0.3 is 16.4 Å². The summed E-state index contributed by atoms with van der Waals surface area (Å²) in [4.78, 5) is 11.8. The summed E-state index contributed by atoms with van der Waals surface area (Å²) in [6, 6.07) is 5.87. The molecule has 0 aliphatic heterocycles. The van der Waals surface area contributed by atoms with Gasteiger partial charge in [0.2, 0.25) is 5.91 Å². The van der Waals surface area contributed by atoms with E-state index in [0.717, 1.165) is 29.8 Å². The Bertz CT molecular complexity index is 460. The van der Waals surface area contributed by atoms with Gasteiger partial charge in [0.25, 0.3) is 0 Å². The normalized spacial score (nSPS) is 10.0. The van der Waals surface area contributed by atoms with E-state index in [4.69, 9.17) is 18.0 Å². The lowest BCUT2D eigenvalue weighted by atomic mass is 10.1. The molecule has 0 radical (unpaired) electrons. The van der Waals surface area contributed by atoms with Crippen molar-refractivity contribution in [2.24, 2.45) is 5.73 Å². The van der Waals surface area contributed by atoms with Crippen LogP contribution in [0.2, 0.25) is 0 Å². The monoisotopic (exact) mass is 279 g/mol. The Morgan fingerprint density at radius 3 is 2.74 bits per heavy atom. The number of anilines is 1. The second-order valence-corrected chi connectivity index (χ2v) is 4.88. The second kappa shape index (κ2) is 7.74. The van der Waals surface area contributed by atoms with Crippen molar-refractivity contribution in [1.29, 1.82) is 0 Å². The van der Waals surface area contributed by atoms with E-state index in [1.807, 2.05) is 32.0 Å². The molecule has 0 aliphatic rings. The number of hydrogen-bond donors (Lipinski definition) is 3. The van der Waals surface area contributed by atoms with Crippen LogP contribution in [0.5, 0.6) is 0 Å². The van der Waals surface area contributed by atoms with Crippen LogP contribution in [0.4, 0.5) is 5.69 Å². The van der Waals surface area contributed by atoms with E-state index in [1.54, 1.807) is 0 Å². The van der Waals surface area contributed by atoms with E-state index in [-0.39, 0.29) is 5.91 Å². The van der Waals surface area contributed by atoms with Crippen LogP contribution in [-0.4, -0.2) is 24.0 Å². The molecular formula is C14H21N3OS. The molecule has 0 unspecified atom stereocenters. The van der Waals surface area contributed by atoms with Gasteiger partial charge >= 0.3 is 0 Å². The molecule has 4 N–H and O–H groups in total. The fourth-order valence-corrected chi connectivity index (χ4v) is 1.85. The maximum atomic E-state index is 11.5. The Hall–Kier alpha value is -1.62. The molecule has 0 fully saturated rings. The third-order valence-corrected chi connectivity index (χ3v) is 2.90. The Balaban J connectivity index is 2.53. The molecule has 0 saturated carbocycles. The van der Waals surface area contributed by atoms with Gasteiger partial charge in [-0.05, 0) is 25.5 Å². The Morgan fingerprint density at radius 2 is 2.11 bits per heavy atom. The number of amides is 1. The van der Waals surface area contributed by atoms with Gasteiger partial charge in [0.05, 0.1) is 0 Å². The highest BCUT2D eigenvalue weighted by Crippen LogP contribution is 2.17. The summed E-state index contributed by atoms with van der Waals surface area (Å²) in [6.07, 6.45) is 1.38. The van der Waals surface area contributed by atoms with Gasteiger partial charge in [-0.15, -0.1) is 0 Å². The van der Waals surface area contributed by atoms with Crippen molar-refractivity contribution in [1.82, 2.24) is 5.32 Å². The molecule has 0 spiro atoms. The number of thiocarbonyl (C=S) groups is 1. The molecule has 0 aliphatic carbocycles. The van der Waals surface area contributed by atoms with Gasteiger partial charge in [-0.3, -0.25) is 4.79 Å². The lowest BCUT2D eigenvalue weighted by Gasteiger charge is -2.12. The molecule has 19 heavy (non-hydrogen) atoms. The van der Waals surface area contributed by atoms with Crippen molar-refractivity contribution in [3.63, 3.8) is 0 Å². The highest BCUT2D eigenvalue weighted by Gasteiger charge is 2.06. The van der Waals surface area contributed by atoms with Crippen LogP contribution in [-0.2, 0) is 4.79 Å². The van der Waals surface area contributed by atoms with Gasteiger partial charge in [0, 0.05) is 30.8 Å². The molecular weight excluding hydrogens is 258 g/mol. The summed E-state index contributed by atoms with van der Waals surface area (Å²) in [6.45, 7) is 5.30. The maximum Gasteiger partial charge on any atom is 0.221 e. The third-order valence-electron chi connectivity index (χ3n) is 2.68. The summed E-state index contributed by atoms with van der Waals surface area (Å²) in [5.74, 6) is 0.0540. The predicted octanol–water partition coefficient (Wildman–Crippen LogP) is 1.96. The zero-order valence-corrected chi connectivity index (χ0v) is 12.3. The molecule has 1 amide bonds. The van der Waals surface area contributed by atoms with E-state index in [9.17, 15) is 4.79 Å². The number of rotatable bonds is 7. The molecule has 4 nitrogen and oxygen atoms in total. The zero-order valence-electron chi connectivity index (χ0n) is 11.5. The summed E-state index contributed by atoms with van der Waals surface area (Å²) in [7, 11) is 0. The maximum absolute atomic E-state index is 11.5. The lowest BCUT2D eigenvalue weighted by molar-refractivity contribution is -0.120. The minimum atomic E-state index is 0.0540. The van der Waals surface area contributed by atoms with E-state index in [1.165, 1.54) is 0 Å². The van der Waals surface area contributed by atoms with E-state index >= 15 is 0 Å². The molecule has 5 heteroatoms. The number of nitrogens with one attached hydrogen (secondary N) is 2. The molecule has 1 aromatic rings. The smallest absolute Gasteiger partial charge is 0.221 e. The second-order valence-electron chi connectivity index (χ2n) is 4.44. The number of nitrogens with two attached hydrogens (primary N) is 1. The highest BCUT2D eigenvalue weighted by atomic mass is 32.1. The first-order valence-electron chi connectivity index (χ1n) is 6.45. The van der Waals surface area contributed by atoms with Crippen LogP contribution in [0.15, 0.2) is 18.2 Å². The van der Waals surface area contributed by atoms with Gasteiger partial charge in [0.15, 0.2) is 0 Å². The third kappa shape index (κ3) is 5.26. The van der Waals surface area contributed by atoms with E-state index in [2.05, 4.69) is 10.6 Å². The molecule has 104 valence electrons. The Kier molecular flexibility index (Phi) is 6.29. The molecule has 1 rings (SSSR count). The molecule has 0 bridgehead atoms. The molecule has 1 aromatic carbocycles. The zero-order chi connectivity index (χ0) is 14.3. The SMILES string of the molecule is CCCNC(=O)CCNc1ccc(C)cc1C(N)=S. The summed E-state index contributed by atoms with van der Waals surface area (Å²) in [5.41, 5.74) is 8.50. The van der Waals surface area contributed by atoms with Gasteiger partial charge in [-0.2, -0.15) is 0 Å². The van der Waals surface area contributed by atoms with Crippen molar-refractivity contribution in [2.75, 3.05) is 18.4 Å². The van der Waals surface area contributed by atoms with Crippen LogP contribution < -0.4 is 16.4 Å². The first kappa shape index (κ1) is 15.4. The first-order valence-corrected chi connectivity index (χ1v) is 6.86. The standard InChI is InChI=1S/C14H21N3OS/c1-3-7-17-13(18)6-8-16-12-5-4-10(2)9-11(12)14(15)19/h4-5,9,16H,3,6-8H2,1-2H3,(H2,15,19)(H,17,18). The first-order chi connectivity index (χ1) is 9.04.